The fourth-order valence-corrected chi connectivity index (χ4v) is 3.63. The quantitative estimate of drug-likeness (QED) is 0.891. The third-order valence-corrected chi connectivity index (χ3v) is 4.89. The van der Waals surface area contributed by atoms with E-state index in [1.807, 2.05) is 0 Å². The number of sulfonamides is 1. The van der Waals surface area contributed by atoms with Gasteiger partial charge in [-0.15, -0.1) is 0 Å². The van der Waals surface area contributed by atoms with Crippen LogP contribution in [0.15, 0.2) is 18.2 Å². The Morgan fingerprint density at radius 2 is 2.11 bits per heavy atom. The van der Waals surface area contributed by atoms with Crippen LogP contribution < -0.4 is 10.0 Å². The molecule has 2 rings (SSSR count). The maximum absolute atomic E-state index is 11.9. The largest absolute Gasteiger partial charge is 0.315 e. The van der Waals surface area contributed by atoms with E-state index in [1.165, 1.54) is 0 Å². The minimum absolute atomic E-state index is 0.0160. The van der Waals surface area contributed by atoms with E-state index in [0.717, 1.165) is 13.0 Å². The summed E-state index contributed by atoms with van der Waals surface area (Å²) < 4.78 is 26.5. The number of hydrogen-bond donors (Lipinski definition) is 2. The predicted molar refractivity (Wildman–Crippen MR) is 73.5 cm³/mol. The summed E-state index contributed by atoms with van der Waals surface area (Å²) in [5.41, 5.74) is 0.628. The Labute approximate surface area is 117 Å². The van der Waals surface area contributed by atoms with Crippen LogP contribution in [0.5, 0.6) is 0 Å². The normalized spacial score (nSPS) is 20.2. The van der Waals surface area contributed by atoms with Gasteiger partial charge < -0.3 is 5.32 Å². The summed E-state index contributed by atoms with van der Waals surface area (Å²) in [6, 6.07) is 4.83. The third kappa shape index (κ3) is 3.83. The smallest absolute Gasteiger partial charge is 0.216 e. The molecule has 4 nitrogen and oxygen atoms in total. The summed E-state index contributed by atoms with van der Waals surface area (Å²) in [6.45, 7) is 1.53. The van der Waals surface area contributed by atoms with Crippen LogP contribution in [0.25, 0.3) is 0 Å². The predicted octanol–water partition coefficient (Wildman–Crippen LogP) is 1.77. The molecule has 2 N–H and O–H groups in total. The second-order valence-corrected chi connectivity index (χ2v) is 6.88. The average molecular weight is 309 g/mol. The van der Waals surface area contributed by atoms with Crippen molar-refractivity contribution in [3.8, 4) is 0 Å². The van der Waals surface area contributed by atoms with Gasteiger partial charge in [0.25, 0.3) is 0 Å². The molecular weight excluding hydrogens is 295 g/mol. The highest BCUT2D eigenvalue weighted by atomic mass is 35.5. The molecule has 0 aliphatic carbocycles. The first-order valence-corrected chi connectivity index (χ1v) is 8.02. The molecule has 1 aromatic carbocycles. The van der Waals surface area contributed by atoms with Gasteiger partial charge in [-0.2, -0.15) is 0 Å². The number of benzene rings is 1. The van der Waals surface area contributed by atoms with Gasteiger partial charge in [-0.05, 0) is 30.7 Å². The van der Waals surface area contributed by atoms with Crippen LogP contribution in [0.1, 0.15) is 12.0 Å². The van der Waals surface area contributed by atoms with E-state index in [2.05, 4.69) is 10.0 Å². The lowest BCUT2D eigenvalue weighted by Crippen LogP contribution is -2.36. The van der Waals surface area contributed by atoms with Gasteiger partial charge in [0.1, 0.15) is 0 Å². The lowest BCUT2D eigenvalue weighted by Gasteiger charge is -2.12. The molecule has 1 saturated heterocycles. The highest BCUT2D eigenvalue weighted by Crippen LogP contribution is 2.23. The van der Waals surface area contributed by atoms with Crippen LogP contribution in [0.2, 0.25) is 10.0 Å². The van der Waals surface area contributed by atoms with Crippen molar-refractivity contribution in [2.45, 2.75) is 18.2 Å². The first-order chi connectivity index (χ1) is 8.46. The summed E-state index contributed by atoms with van der Waals surface area (Å²) >= 11 is 11.6. The molecule has 0 aromatic heterocycles. The molecular formula is C11H14Cl2N2O2S. The van der Waals surface area contributed by atoms with E-state index < -0.39 is 10.0 Å². The molecule has 0 radical (unpaired) electrons. The van der Waals surface area contributed by atoms with Gasteiger partial charge in [0.15, 0.2) is 0 Å². The van der Waals surface area contributed by atoms with Gasteiger partial charge >= 0.3 is 0 Å². The molecule has 100 valence electrons. The standard InChI is InChI=1S/C11H14Cl2N2O2S/c12-10-2-1-8(5-11(10)13)7-18(16,17)15-9-3-4-14-6-9/h1-2,5,9,14-15H,3-4,6-7H2. The van der Waals surface area contributed by atoms with Crippen molar-refractivity contribution in [3.63, 3.8) is 0 Å². The third-order valence-electron chi connectivity index (χ3n) is 2.75. The molecule has 18 heavy (non-hydrogen) atoms. The Kier molecular flexibility index (Phi) is 4.50. The minimum atomic E-state index is -3.34. The van der Waals surface area contributed by atoms with Crippen molar-refractivity contribution >= 4 is 33.2 Å². The molecule has 0 spiro atoms. The Morgan fingerprint density at radius 3 is 2.72 bits per heavy atom. The molecule has 1 aliphatic heterocycles. The molecule has 0 amide bonds. The Balaban J connectivity index is 2.04. The van der Waals surface area contributed by atoms with E-state index >= 15 is 0 Å². The van der Waals surface area contributed by atoms with Crippen molar-refractivity contribution in [2.24, 2.45) is 0 Å². The van der Waals surface area contributed by atoms with Crippen molar-refractivity contribution in [1.82, 2.24) is 10.0 Å². The molecule has 1 aliphatic rings. The fourth-order valence-electron chi connectivity index (χ4n) is 1.90. The van der Waals surface area contributed by atoms with Crippen molar-refractivity contribution in [1.29, 1.82) is 0 Å². The van der Waals surface area contributed by atoms with E-state index in [-0.39, 0.29) is 11.8 Å². The molecule has 1 aromatic rings. The molecule has 1 unspecified atom stereocenters. The van der Waals surface area contributed by atoms with Crippen LogP contribution in [0.3, 0.4) is 0 Å². The zero-order valence-corrected chi connectivity index (χ0v) is 11.9. The first kappa shape index (κ1) is 14.1. The molecule has 0 bridgehead atoms. The van der Waals surface area contributed by atoms with Gasteiger partial charge in [-0.25, -0.2) is 13.1 Å². The van der Waals surface area contributed by atoms with Crippen LogP contribution in [-0.2, 0) is 15.8 Å². The summed E-state index contributed by atoms with van der Waals surface area (Å²) in [7, 11) is -3.34. The van der Waals surface area contributed by atoms with E-state index in [4.69, 9.17) is 23.2 Å². The summed E-state index contributed by atoms with van der Waals surface area (Å²) in [6.07, 6.45) is 0.820. The zero-order chi connectivity index (χ0) is 13.2. The highest BCUT2D eigenvalue weighted by Gasteiger charge is 2.21. The second-order valence-electron chi connectivity index (χ2n) is 4.32. The minimum Gasteiger partial charge on any atom is -0.315 e. The maximum Gasteiger partial charge on any atom is 0.216 e. The lowest BCUT2D eigenvalue weighted by molar-refractivity contribution is 0.559. The topological polar surface area (TPSA) is 58.2 Å². The average Bonchev–Trinajstić information content (AvgIpc) is 2.75. The van der Waals surface area contributed by atoms with Crippen molar-refractivity contribution < 1.29 is 8.42 Å². The molecule has 1 heterocycles. The maximum atomic E-state index is 11.9. The monoisotopic (exact) mass is 308 g/mol. The lowest BCUT2D eigenvalue weighted by atomic mass is 10.2. The van der Waals surface area contributed by atoms with E-state index in [0.29, 0.717) is 22.2 Å². The van der Waals surface area contributed by atoms with Crippen LogP contribution in [-0.4, -0.2) is 27.5 Å². The molecule has 7 heteroatoms. The SMILES string of the molecule is O=S(=O)(Cc1ccc(Cl)c(Cl)c1)NC1CCNC1. The van der Waals surface area contributed by atoms with Gasteiger partial charge in [0, 0.05) is 12.6 Å². The number of nitrogens with one attached hydrogen (secondary N) is 2. The number of halogens is 2. The fraction of sp³-hybridized carbons (Fsp3) is 0.455. The van der Waals surface area contributed by atoms with Gasteiger partial charge in [0.2, 0.25) is 10.0 Å². The first-order valence-electron chi connectivity index (χ1n) is 5.61. The molecule has 1 atom stereocenters. The highest BCUT2D eigenvalue weighted by molar-refractivity contribution is 7.88. The summed E-state index contributed by atoms with van der Waals surface area (Å²) in [4.78, 5) is 0. The van der Waals surface area contributed by atoms with Crippen molar-refractivity contribution in [3.05, 3.63) is 33.8 Å². The summed E-state index contributed by atoms with van der Waals surface area (Å²) in [5.74, 6) is -0.0829. The van der Waals surface area contributed by atoms with Gasteiger partial charge in [0.05, 0.1) is 15.8 Å². The van der Waals surface area contributed by atoms with Gasteiger partial charge in [-0.3, -0.25) is 0 Å². The van der Waals surface area contributed by atoms with E-state index in [1.54, 1.807) is 18.2 Å². The van der Waals surface area contributed by atoms with Crippen LogP contribution >= 0.6 is 23.2 Å². The molecule has 1 fully saturated rings. The molecule has 0 saturated carbocycles. The van der Waals surface area contributed by atoms with E-state index in [9.17, 15) is 8.42 Å². The summed E-state index contributed by atoms with van der Waals surface area (Å²) in [5, 5.41) is 3.90. The number of hydrogen-bond acceptors (Lipinski definition) is 3. The van der Waals surface area contributed by atoms with Gasteiger partial charge in [-0.1, -0.05) is 29.3 Å². The zero-order valence-electron chi connectivity index (χ0n) is 9.62. The van der Waals surface area contributed by atoms with Crippen LogP contribution in [0.4, 0.5) is 0 Å². The van der Waals surface area contributed by atoms with Crippen LogP contribution in [0, 0.1) is 0 Å². The number of rotatable bonds is 4. The Morgan fingerprint density at radius 1 is 1.33 bits per heavy atom. The Bertz CT molecular complexity index is 528. The Hall–Kier alpha value is -0.330. The van der Waals surface area contributed by atoms with Crippen molar-refractivity contribution in [2.75, 3.05) is 13.1 Å². The second kappa shape index (κ2) is 5.75.